The first-order valence-electron chi connectivity index (χ1n) is 7.69. The molecule has 0 radical (unpaired) electrons. The summed E-state index contributed by atoms with van der Waals surface area (Å²) in [5, 5.41) is 15.2. The van der Waals surface area contributed by atoms with Crippen molar-refractivity contribution in [3.63, 3.8) is 0 Å². The lowest BCUT2D eigenvalue weighted by atomic mass is 10.1. The Morgan fingerprint density at radius 2 is 1.79 bits per heavy atom. The number of aromatic nitrogens is 1. The number of nitrogens with one attached hydrogen (secondary N) is 1. The third-order valence-corrected chi connectivity index (χ3v) is 4.75. The summed E-state index contributed by atoms with van der Waals surface area (Å²) < 4.78 is 0. The molecule has 0 bridgehead atoms. The first kappa shape index (κ1) is 16.5. The number of hydrogen-bond donors (Lipinski definition) is 2. The number of nitrogens with zero attached hydrogens (tertiary/aromatic N) is 1. The van der Waals surface area contributed by atoms with Crippen molar-refractivity contribution in [2.75, 3.05) is 5.75 Å². The Bertz CT molecular complexity index is 846. The van der Waals surface area contributed by atoms with E-state index in [2.05, 4.69) is 10.3 Å². The lowest BCUT2D eigenvalue weighted by Gasteiger charge is -2.09. The molecule has 0 saturated heterocycles. The minimum atomic E-state index is -0.0533. The molecule has 0 aliphatic rings. The number of carbonyl (C=O) groups is 1. The maximum absolute atomic E-state index is 12.1. The predicted octanol–water partition coefficient (Wildman–Crippen LogP) is 3.14. The number of thioether (sulfide) groups is 1. The van der Waals surface area contributed by atoms with Crippen LogP contribution in [0.3, 0.4) is 0 Å². The summed E-state index contributed by atoms with van der Waals surface area (Å²) >= 11 is 1.43. The molecule has 0 fully saturated rings. The Morgan fingerprint density at radius 1 is 1.04 bits per heavy atom. The smallest absolute Gasteiger partial charge is 0.230 e. The second kappa shape index (κ2) is 7.95. The maximum atomic E-state index is 12.1. The number of fused-ring (bicyclic) bond motifs is 1. The van der Waals surface area contributed by atoms with Crippen molar-refractivity contribution in [3.8, 4) is 0 Å². The Kier molecular flexibility index (Phi) is 5.46. The highest BCUT2D eigenvalue weighted by molar-refractivity contribution is 8.00. The molecule has 3 rings (SSSR count). The van der Waals surface area contributed by atoms with Crippen molar-refractivity contribution >= 4 is 28.4 Å². The van der Waals surface area contributed by atoms with E-state index in [1.165, 1.54) is 11.8 Å². The molecule has 4 nitrogen and oxygen atoms in total. The van der Waals surface area contributed by atoms with E-state index in [0.29, 0.717) is 12.3 Å². The van der Waals surface area contributed by atoms with Crippen LogP contribution in [0.25, 0.3) is 10.8 Å². The molecule has 0 spiro atoms. The third-order valence-electron chi connectivity index (χ3n) is 3.74. The highest BCUT2D eigenvalue weighted by atomic mass is 32.2. The van der Waals surface area contributed by atoms with Crippen LogP contribution in [-0.2, 0) is 17.9 Å². The lowest BCUT2D eigenvalue weighted by molar-refractivity contribution is -0.118. The number of carbonyl (C=O) groups excluding carboxylic acids is 1. The maximum Gasteiger partial charge on any atom is 0.230 e. The molecule has 3 aromatic rings. The molecule has 1 aromatic heterocycles. The van der Waals surface area contributed by atoms with E-state index >= 15 is 0 Å². The Morgan fingerprint density at radius 3 is 2.62 bits per heavy atom. The molecule has 0 unspecified atom stereocenters. The van der Waals surface area contributed by atoms with E-state index in [1.54, 1.807) is 6.20 Å². The largest absolute Gasteiger partial charge is 0.392 e. The van der Waals surface area contributed by atoms with Gasteiger partial charge in [-0.3, -0.25) is 4.79 Å². The summed E-state index contributed by atoms with van der Waals surface area (Å²) in [5.41, 5.74) is 1.77. The van der Waals surface area contributed by atoms with Gasteiger partial charge in [0.05, 0.1) is 12.4 Å². The molecule has 5 heteroatoms. The molecule has 0 atom stereocenters. The van der Waals surface area contributed by atoms with Crippen molar-refractivity contribution in [1.29, 1.82) is 0 Å². The van der Waals surface area contributed by atoms with Gasteiger partial charge in [-0.25, -0.2) is 4.98 Å². The van der Waals surface area contributed by atoms with Gasteiger partial charge in [-0.15, -0.1) is 0 Å². The molecule has 1 heterocycles. The monoisotopic (exact) mass is 338 g/mol. The number of benzene rings is 2. The van der Waals surface area contributed by atoms with Gasteiger partial charge in [0.2, 0.25) is 5.91 Å². The van der Waals surface area contributed by atoms with Crippen LogP contribution in [0.4, 0.5) is 0 Å². The van der Waals surface area contributed by atoms with E-state index in [1.807, 2.05) is 54.6 Å². The Hall–Kier alpha value is -2.37. The quantitative estimate of drug-likeness (QED) is 0.678. The molecule has 0 aliphatic carbocycles. The minimum absolute atomic E-state index is 0.0271. The van der Waals surface area contributed by atoms with Gasteiger partial charge >= 0.3 is 0 Å². The average Bonchev–Trinajstić information content (AvgIpc) is 2.64. The van der Waals surface area contributed by atoms with Gasteiger partial charge < -0.3 is 10.4 Å². The van der Waals surface area contributed by atoms with Crippen molar-refractivity contribution in [2.24, 2.45) is 0 Å². The van der Waals surface area contributed by atoms with Gasteiger partial charge in [0.25, 0.3) is 0 Å². The molecule has 122 valence electrons. The topological polar surface area (TPSA) is 62.2 Å². The highest BCUT2D eigenvalue weighted by Crippen LogP contribution is 2.25. The average molecular weight is 338 g/mol. The third kappa shape index (κ3) is 3.93. The fraction of sp³-hybridized carbons (Fsp3) is 0.158. The zero-order chi connectivity index (χ0) is 16.8. The summed E-state index contributed by atoms with van der Waals surface area (Å²) in [6.07, 6.45) is 1.76. The SMILES string of the molecule is O=C(CSc1nccc2ccccc12)NCc1ccccc1CO. The standard InChI is InChI=1S/C19H18N2O2S/c22-12-16-7-2-1-6-15(16)11-21-18(23)13-24-19-17-8-4-3-5-14(17)9-10-20-19/h1-10,22H,11-13H2,(H,21,23). The van der Waals surface area contributed by atoms with Crippen molar-refractivity contribution in [3.05, 3.63) is 71.9 Å². The molecule has 0 saturated carbocycles. The summed E-state index contributed by atoms with van der Waals surface area (Å²) in [4.78, 5) is 16.5. The summed E-state index contributed by atoms with van der Waals surface area (Å²) in [7, 11) is 0. The molecular weight excluding hydrogens is 320 g/mol. The van der Waals surface area contributed by atoms with E-state index in [0.717, 1.165) is 26.9 Å². The second-order valence-electron chi connectivity index (χ2n) is 5.33. The Balaban J connectivity index is 1.59. The van der Waals surface area contributed by atoms with Gasteiger partial charge in [-0.2, -0.15) is 0 Å². The summed E-state index contributed by atoms with van der Waals surface area (Å²) in [5.74, 6) is 0.255. The molecule has 0 aliphatic heterocycles. The van der Waals surface area contributed by atoms with Gasteiger partial charge in [0.15, 0.2) is 0 Å². The van der Waals surface area contributed by atoms with E-state index in [9.17, 15) is 9.90 Å². The number of aliphatic hydroxyl groups is 1. The highest BCUT2D eigenvalue weighted by Gasteiger charge is 2.08. The van der Waals surface area contributed by atoms with Gasteiger partial charge in [-0.05, 0) is 22.6 Å². The summed E-state index contributed by atoms with van der Waals surface area (Å²) in [6, 6.07) is 17.5. The number of hydrogen-bond acceptors (Lipinski definition) is 4. The Labute approximate surface area is 144 Å². The second-order valence-corrected chi connectivity index (χ2v) is 6.29. The van der Waals surface area contributed by atoms with Gasteiger partial charge in [-0.1, -0.05) is 60.3 Å². The summed E-state index contributed by atoms with van der Waals surface area (Å²) in [6.45, 7) is 0.389. The number of aliphatic hydroxyl groups excluding tert-OH is 1. The van der Waals surface area contributed by atoms with Gasteiger partial charge in [0.1, 0.15) is 5.03 Å². The van der Waals surface area contributed by atoms with Crippen molar-refractivity contribution in [2.45, 2.75) is 18.2 Å². The lowest BCUT2D eigenvalue weighted by Crippen LogP contribution is -2.25. The first-order valence-corrected chi connectivity index (χ1v) is 8.67. The fourth-order valence-electron chi connectivity index (χ4n) is 2.47. The van der Waals surface area contributed by atoms with Crippen molar-refractivity contribution in [1.82, 2.24) is 10.3 Å². The molecule has 24 heavy (non-hydrogen) atoms. The van der Waals surface area contributed by atoms with Crippen LogP contribution in [0.2, 0.25) is 0 Å². The minimum Gasteiger partial charge on any atom is -0.392 e. The van der Waals surface area contributed by atoms with Crippen LogP contribution >= 0.6 is 11.8 Å². The number of pyridine rings is 1. The van der Waals surface area contributed by atoms with Crippen molar-refractivity contribution < 1.29 is 9.90 Å². The van der Waals surface area contributed by atoms with Crippen LogP contribution in [0.15, 0.2) is 65.8 Å². The van der Waals surface area contributed by atoms with E-state index in [-0.39, 0.29) is 12.5 Å². The fourth-order valence-corrected chi connectivity index (χ4v) is 3.32. The molecule has 2 N–H and O–H groups in total. The number of amides is 1. The van der Waals surface area contributed by atoms with Crippen LogP contribution in [0.5, 0.6) is 0 Å². The van der Waals surface area contributed by atoms with Crippen LogP contribution in [0.1, 0.15) is 11.1 Å². The predicted molar refractivity (Wildman–Crippen MR) is 96.7 cm³/mol. The van der Waals surface area contributed by atoms with Crippen LogP contribution in [0, 0.1) is 0 Å². The molecule has 1 amide bonds. The van der Waals surface area contributed by atoms with E-state index in [4.69, 9.17) is 0 Å². The van der Waals surface area contributed by atoms with Crippen LogP contribution < -0.4 is 5.32 Å². The zero-order valence-corrected chi connectivity index (χ0v) is 13.9. The van der Waals surface area contributed by atoms with Crippen LogP contribution in [-0.4, -0.2) is 21.8 Å². The molecular formula is C19H18N2O2S. The number of rotatable bonds is 6. The molecule has 2 aromatic carbocycles. The van der Waals surface area contributed by atoms with E-state index < -0.39 is 0 Å². The zero-order valence-electron chi connectivity index (χ0n) is 13.1. The first-order chi connectivity index (χ1) is 11.8. The normalized spacial score (nSPS) is 10.7. The van der Waals surface area contributed by atoms with Gasteiger partial charge in [0, 0.05) is 18.1 Å².